The lowest BCUT2D eigenvalue weighted by Crippen LogP contribution is -2.36. The van der Waals surface area contributed by atoms with E-state index in [4.69, 9.17) is 0 Å². The molecule has 3 nitrogen and oxygen atoms in total. The SMILES string of the molecule is Cc1ccc(C(C)NCC(=O)NCC(C)C)cc1C. The molecule has 1 aromatic carbocycles. The summed E-state index contributed by atoms with van der Waals surface area (Å²) in [5.41, 5.74) is 3.81. The van der Waals surface area contributed by atoms with E-state index in [0.29, 0.717) is 12.5 Å². The molecule has 0 saturated carbocycles. The molecule has 1 aromatic rings. The molecule has 0 bridgehead atoms. The van der Waals surface area contributed by atoms with E-state index < -0.39 is 0 Å². The van der Waals surface area contributed by atoms with Crippen molar-refractivity contribution in [2.24, 2.45) is 5.92 Å². The first kappa shape index (κ1) is 15.7. The Balaban J connectivity index is 2.44. The van der Waals surface area contributed by atoms with E-state index in [1.807, 2.05) is 0 Å². The molecule has 1 rings (SSSR count). The topological polar surface area (TPSA) is 41.1 Å². The van der Waals surface area contributed by atoms with E-state index in [1.165, 1.54) is 16.7 Å². The minimum atomic E-state index is 0.0596. The normalized spacial score (nSPS) is 12.5. The van der Waals surface area contributed by atoms with E-state index in [1.54, 1.807) is 0 Å². The maximum atomic E-state index is 11.6. The van der Waals surface area contributed by atoms with Crippen molar-refractivity contribution in [3.05, 3.63) is 34.9 Å². The van der Waals surface area contributed by atoms with Gasteiger partial charge in [-0.05, 0) is 43.4 Å². The second kappa shape index (κ2) is 7.29. The Hall–Kier alpha value is -1.35. The van der Waals surface area contributed by atoms with Gasteiger partial charge in [-0.1, -0.05) is 32.0 Å². The van der Waals surface area contributed by atoms with Crippen molar-refractivity contribution in [1.29, 1.82) is 0 Å². The van der Waals surface area contributed by atoms with Gasteiger partial charge in [-0.2, -0.15) is 0 Å². The van der Waals surface area contributed by atoms with Gasteiger partial charge in [0.1, 0.15) is 0 Å². The molecule has 0 fully saturated rings. The van der Waals surface area contributed by atoms with Crippen LogP contribution >= 0.6 is 0 Å². The van der Waals surface area contributed by atoms with Crippen LogP contribution in [0.25, 0.3) is 0 Å². The number of nitrogens with one attached hydrogen (secondary N) is 2. The molecule has 0 aromatic heterocycles. The van der Waals surface area contributed by atoms with Crippen LogP contribution in [0.15, 0.2) is 18.2 Å². The molecule has 3 heteroatoms. The molecule has 1 amide bonds. The highest BCUT2D eigenvalue weighted by atomic mass is 16.1. The molecule has 106 valence electrons. The van der Waals surface area contributed by atoms with Gasteiger partial charge in [-0.3, -0.25) is 4.79 Å². The Bertz CT molecular complexity index is 427. The predicted octanol–water partition coefficient (Wildman–Crippen LogP) is 2.73. The lowest BCUT2D eigenvalue weighted by atomic mass is 10.0. The molecule has 1 atom stereocenters. The van der Waals surface area contributed by atoms with E-state index in [0.717, 1.165) is 6.54 Å². The van der Waals surface area contributed by atoms with Crippen molar-refractivity contribution in [2.75, 3.05) is 13.1 Å². The van der Waals surface area contributed by atoms with Crippen LogP contribution in [0, 0.1) is 19.8 Å². The fraction of sp³-hybridized carbons (Fsp3) is 0.562. The lowest BCUT2D eigenvalue weighted by molar-refractivity contribution is -0.120. The van der Waals surface area contributed by atoms with Crippen LogP contribution in [0.4, 0.5) is 0 Å². The van der Waals surface area contributed by atoms with Crippen molar-refractivity contribution in [2.45, 2.75) is 40.7 Å². The molecule has 0 heterocycles. The second-order valence-electron chi connectivity index (χ2n) is 5.64. The number of carbonyl (C=O) groups is 1. The number of benzene rings is 1. The predicted molar refractivity (Wildman–Crippen MR) is 80.2 cm³/mol. The third kappa shape index (κ3) is 5.43. The van der Waals surface area contributed by atoms with Crippen molar-refractivity contribution < 1.29 is 4.79 Å². The second-order valence-corrected chi connectivity index (χ2v) is 5.64. The molecule has 1 unspecified atom stereocenters. The standard InChI is InChI=1S/C16H26N2O/c1-11(2)9-18-16(19)10-17-14(5)15-7-6-12(3)13(4)8-15/h6-8,11,14,17H,9-10H2,1-5H3,(H,18,19). The first-order valence-electron chi connectivity index (χ1n) is 6.97. The van der Waals surface area contributed by atoms with Crippen molar-refractivity contribution in [3.63, 3.8) is 0 Å². The Morgan fingerprint density at radius 2 is 1.84 bits per heavy atom. The van der Waals surface area contributed by atoms with Gasteiger partial charge in [0.25, 0.3) is 0 Å². The molecule has 0 saturated heterocycles. The number of rotatable bonds is 6. The largest absolute Gasteiger partial charge is 0.355 e. The number of amides is 1. The average Bonchev–Trinajstić information content (AvgIpc) is 2.36. The summed E-state index contributed by atoms with van der Waals surface area (Å²) in [5, 5.41) is 6.17. The van der Waals surface area contributed by atoms with Gasteiger partial charge in [-0.25, -0.2) is 0 Å². The Morgan fingerprint density at radius 1 is 1.16 bits per heavy atom. The highest BCUT2D eigenvalue weighted by molar-refractivity contribution is 5.78. The van der Waals surface area contributed by atoms with Gasteiger partial charge >= 0.3 is 0 Å². The minimum Gasteiger partial charge on any atom is -0.355 e. The van der Waals surface area contributed by atoms with Crippen LogP contribution in [0.1, 0.15) is 43.5 Å². The Labute approximate surface area is 116 Å². The molecule has 2 N–H and O–H groups in total. The highest BCUT2D eigenvalue weighted by Crippen LogP contribution is 2.16. The van der Waals surface area contributed by atoms with Crippen molar-refractivity contribution in [1.82, 2.24) is 10.6 Å². The van der Waals surface area contributed by atoms with Crippen LogP contribution in [0.2, 0.25) is 0 Å². The van der Waals surface area contributed by atoms with Gasteiger partial charge in [0.05, 0.1) is 6.54 Å². The maximum absolute atomic E-state index is 11.6. The summed E-state index contributed by atoms with van der Waals surface area (Å²) in [6.45, 7) is 11.6. The molecule has 0 spiro atoms. The first-order valence-corrected chi connectivity index (χ1v) is 6.97. The average molecular weight is 262 g/mol. The molecule has 0 aliphatic heterocycles. The van der Waals surface area contributed by atoms with Crippen LogP contribution in [0.5, 0.6) is 0 Å². The monoisotopic (exact) mass is 262 g/mol. The molecular weight excluding hydrogens is 236 g/mol. The number of carbonyl (C=O) groups excluding carboxylic acids is 1. The third-order valence-electron chi connectivity index (χ3n) is 3.31. The zero-order chi connectivity index (χ0) is 14.4. The first-order chi connectivity index (χ1) is 8.90. The highest BCUT2D eigenvalue weighted by Gasteiger charge is 2.08. The zero-order valence-corrected chi connectivity index (χ0v) is 12.7. The van der Waals surface area contributed by atoms with Gasteiger partial charge in [0, 0.05) is 12.6 Å². The summed E-state index contributed by atoms with van der Waals surface area (Å²) in [6, 6.07) is 6.61. The molecule has 0 aliphatic rings. The Kier molecular flexibility index (Phi) is 6.03. The van der Waals surface area contributed by atoms with E-state index in [2.05, 4.69) is 63.5 Å². The lowest BCUT2D eigenvalue weighted by Gasteiger charge is -2.16. The van der Waals surface area contributed by atoms with E-state index >= 15 is 0 Å². The quantitative estimate of drug-likeness (QED) is 0.827. The van der Waals surface area contributed by atoms with Crippen LogP contribution in [-0.2, 0) is 4.79 Å². The maximum Gasteiger partial charge on any atom is 0.233 e. The molecule has 0 radical (unpaired) electrons. The number of aryl methyl sites for hydroxylation is 2. The van der Waals surface area contributed by atoms with E-state index in [9.17, 15) is 4.79 Å². The third-order valence-corrected chi connectivity index (χ3v) is 3.31. The fourth-order valence-electron chi connectivity index (χ4n) is 1.78. The summed E-state index contributed by atoms with van der Waals surface area (Å²) >= 11 is 0. The summed E-state index contributed by atoms with van der Waals surface area (Å²) < 4.78 is 0. The minimum absolute atomic E-state index is 0.0596. The Morgan fingerprint density at radius 3 is 2.42 bits per heavy atom. The zero-order valence-electron chi connectivity index (χ0n) is 12.7. The number of hydrogen-bond acceptors (Lipinski definition) is 2. The van der Waals surface area contributed by atoms with Crippen molar-refractivity contribution in [3.8, 4) is 0 Å². The van der Waals surface area contributed by atoms with Gasteiger partial charge in [0.15, 0.2) is 0 Å². The van der Waals surface area contributed by atoms with Gasteiger partial charge in [-0.15, -0.1) is 0 Å². The molecular formula is C16H26N2O. The van der Waals surface area contributed by atoms with E-state index in [-0.39, 0.29) is 11.9 Å². The van der Waals surface area contributed by atoms with Crippen LogP contribution in [0.3, 0.4) is 0 Å². The summed E-state index contributed by atoms with van der Waals surface area (Å²) in [6.07, 6.45) is 0. The number of hydrogen-bond donors (Lipinski definition) is 2. The summed E-state index contributed by atoms with van der Waals surface area (Å²) in [5.74, 6) is 0.547. The van der Waals surface area contributed by atoms with Crippen LogP contribution in [-0.4, -0.2) is 19.0 Å². The smallest absolute Gasteiger partial charge is 0.233 e. The summed E-state index contributed by atoms with van der Waals surface area (Å²) in [7, 11) is 0. The van der Waals surface area contributed by atoms with Gasteiger partial charge < -0.3 is 10.6 Å². The molecule has 0 aliphatic carbocycles. The fourth-order valence-corrected chi connectivity index (χ4v) is 1.78. The molecule has 19 heavy (non-hydrogen) atoms. The van der Waals surface area contributed by atoms with Crippen molar-refractivity contribution >= 4 is 5.91 Å². The van der Waals surface area contributed by atoms with Gasteiger partial charge in [0.2, 0.25) is 5.91 Å². The summed E-state index contributed by atoms with van der Waals surface area (Å²) in [4.78, 5) is 11.6. The van der Waals surface area contributed by atoms with Crippen LogP contribution < -0.4 is 10.6 Å².